The summed E-state index contributed by atoms with van der Waals surface area (Å²) >= 11 is 5.65. The van der Waals surface area contributed by atoms with Crippen LogP contribution in [0.1, 0.15) is 11.1 Å². The number of halogens is 2. The number of hydrogen-bond acceptors (Lipinski definition) is 3. The van der Waals surface area contributed by atoms with E-state index in [2.05, 4.69) is 10.0 Å². The average molecular weight is 327 g/mol. The van der Waals surface area contributed by atoms with Gasteiger partial charge in [-0.25, -0.2) is 12.8 Å². The maximum Gasteiger partial charge on any atom is 0.261 e. The highest BCUT2D eigenvalue weighted by molar-refractivity contribution is 7.92. The first kappa shape index (κ1) is 14.3. The summed E-state index contributed by atoms with van der Waals surface area (Å²) in [4.78, 5) is 0.101. The molecule has 0 spiro atoms. The normalized spacial score (nSPS) is 14.0. The zero-order valence-corrected chi connectivity index (χ0v) is 12.4. The third kappa shape index (κ3) is 2.74. The molecular formula is C14H12ClFN2O2S. The molecule has 2 aromatic rings. The molecule has 110 valence electrons. The van der Waals surface area contributed by atoms with E-state index in [-0.39, 0.29) is 15.6 Å². The Hall–Kier alpha value is -1.63. The molecule has 0 radical (unpaired) electrons. The molecule has 0 bridgehead atoms. The predicted molar refractivity (Wildman–Crippen MR) is 79.2 cm³/mol. The zero-order valence-electron chi connectivity index (χ0n) is 10.9. The summed E-state index contributed by atoms with van der Waals surface area (Å²) in [5.74, 6) is -0.787. The molecule has 1 aliphatic rings. The van der Waals surface area contributed by atoms with Crippen molar-refractivity contribution >= 4 is 27.3 Å². The Bertz CT molecular complexity index is 809. The van der Waals surface area contributed by atoms with E-state index in [9.17, 15) is 12.8 Å². The molecule has 0 saturated carbocycles. The van der Waals surface area contributed by atoms with Crippen LogP contribution in [0.25, 0.3) is 0 Å². The molecule has 0 aliphatic carbocycles. The second-order valence-electron chi connectivity index (χ2n) is 4.74. The minimum absolute atomic E-state index is 0.101. The molecule has 0 atom stereocenters. The van der Waals surface area contributed by atoms with Gasteiger partial charge in [-0.05, 0) is 35.4 Å². The molecule has 2 aromatic carbocycles. The molecule has 1 aliphatic heterocycles. The number of benzene rings is 2. The van der Waals surface area contributed by atoms with Gasteiger partial charge in [0.2, 0.25) is 0 Å². The van der Waals surface area contributed by atoms with Gasteiger partial charge in [-0.1, -0.05) is 23.7 Å². The van der Waals surface area contributed by atoms with Crippen molar-refractivity contribution in [3.8, 4) is 0 Å². The first-order valence-electron chi connectivity index (χ1n) is 6.27. The molecule has 2 N–H and O–H groups in total. The lowest BCUT2D eigenvalue weighted by molar-refractivity contribution is 0.598. The third-order valence-electron chi connectivity index (χ3n) is 3.31. The highest BCUT2D eigenvalue weighted by Crippen LogP contribution is 2.26. The van der Waals surface area contributed by atoms with Crippen LogP contribution in [0.3, 0.4) is 0 Å². The molecule has 0 amide bonds. The Morgan fingerprint density at radius 1 is 1.14 bits per heavy atom. The van der Waals surface area contributed by atoms with Gasteiger partial charge in [0.1, 0.15) is 0 Å². The number of anilines is 1. The van der Waals surface area contributed by atoms with E-state index in [1.807, 2.05) is 0 Å². The summed E-state index contributed by atoms with van der Waals surface area (Å²) in [5.41, 5.74) is 1.84. The summed E-state index contributed by atoms with van der Waals surface area (Å²) in [6, 6.07) is 9.04. The summed E-state index contributed by atoms with van der Waals surface area (Å²) in [6.45, 7) is 1.36. The van der Waals surface area contributed by atoms with E-state index >= 15 is 0 Å². The Morgan fingerprint density at radius 3 is 2.71 bits per heavy atom. The first-order valence-corrected chi connectivity index (χ1v) is 8.13. The lowest BCUT2D eigenvalue weighted by atomic mass is 10.1. The van der Waals surface area contributed by atoms with Crippen molar-refractivity contribution in [2.75, 3.05) is 4.72 Å². The zero-order chi connectivity index (χ0) is 15.0. The quantitative estimate of drug-likeness (QED) is 0.912. The third-order valence-corrected chi connectivity index (χ3v) is 4.97. The van der Waals surface area contributed by atoms with Crippen molar-refractivity contribution < 1.29 is 12.8 Å². The molecule has 3 rings (SSSR count). The van der Waals surface area contributed by atoms with Gasteiger partial charge in [0.15, 0.2) is 5.82 Å². The van der Waals surface area contributed by atoms with Crippen LogP contribution in [0.5, 0.6) is 0 Å². The standard InChI is InChI=1S/C14H12ClFN2O2S/c15-12-2-1-3-13(14(12)16)18-21(19,20)11-5-4-9-7-17-8-10(9)6-11/h1-6,17-18H,7-8H2. The minimum atomic E-state index is -3.85. The fourth-order valence-corrected chi connectivity index (χ4v) is 3.51. The molecular weight excluding hydrogens is 315 g/mol. The van der Waals surface area contributed by atoms with Crippen LogP contribution in [0.4, 0.5) is 10.1 Å². The van der Waals surface area contributed by atoms with Crippen LogP contribution in [0, 0.1) is 5.82 Å². The molecule has 0 saturated heterocycles. The molecule has 4 nitrogen and oxygen atoms in total. The Labute approximate surface area is 127 Å². The van der Waals surface area contributed by atoms with Crippen LogP contribution in [-0.4, -0.2) is 8.42 Å². The van der Waals surface area contributed by atoms with Crippen LogP contribution in [-0.2, 0) is 23.1 Å². The van der Waals surface area contributed by atoms with Gasteiger partial charge in [0.25, 0.3) is 10.0 Å². The second-order valence-corrected chi connectivity index (χ2v) is 6.83. The Morgan fingerprint density at radius 2 is 1.90 bits per heavy atom. The van der Waals surface area contributed by atoms with E-state index in [0.29, 0.717) is 6.54 Å². The van der Waals surface area contributed by atoms with Crippen molar-refractivity contribution in [1.82, 2.24) is 5.32 Å². The lowest BCUT2D eigenvalue weighted by Crippen LogP contribution is -2.14. The number of rotatable bonds is 3. The van der Waals surface area contributed by atoms with Gasteiger partial charge in [0, 0.05) is 13.1 Å². The number of fused-ring (bicyclic) bond motifs is 1. The van der Waals surface area contributed by atoms with Gasteiger partial charge in [-0.3, -0.25) is 4.72 Å². The summed E-state index contributed by atoms with van der Waals surface area (Å²) in [5, 5.41) is 3.01. The van der Waals surface area contributed by atoms with Gasteiger partial charge in [-0.15, -0.1) is 0 Å². The molecule has 7 heteroatoms. The largest absolute Gasteiger partial charge is 0.309 e. The van der Waals surface area contributed by atoms with E-state index in [4.69, 9.17) is 11.6 Å². The molecule has 0 unspecified atom stereocenters. The van der Waals surface area contributed by atoms with Crippen LogP contribution >= 0.6 is 11.6 Å². The smallest absolute Gasteiger partial charge is 0.261 e. The van der Waals surface area contributed by atoms with E-state index in [1.165, 1.54) is 24.3 Å². The van der Waals surface area contributed by atoms with Gasteiger partial charge < -0.3 is 5.32 Å². The first-order chi connectivity index (χ1) is 9.97. The molecule has 0 fully saturated rings. The maximum atomic E-state index is 13.8. The second kappa shape index (κ2) is 5.29. The van der Waals surface area contributed by atoms with Crippen molar-refractivity contribution in [3.05, 3.63) is 58.4 Å². The maximum absolute atomic E-state index is 13.8. The fourth-order valence-electron chi connectivity index (χ4n) is 2.22. The number of nitrogens with one attached hydrogen (secondary N) is 2. The summed E-state index contributed by atoms with van der Waals surface area (Å²) in [7, 11) is -3.85. The minimum Gasteiger partial charge on any atom is -0.309 e. The SMILES string of the molecule is O=S(=O)(Nc1cccc(Cl)c1F)c1ccc2c(c1)CNC2. The van der Waals surface area contributed by atoms with Crippen molar-refractivity contribution in [1.29, 1.82) is 0 Å². The summed E-state index contributed by atoms with van der Waals surface area (Å²) < 4.78 is 40.7. The lowest BCUT2D eigenvalue weighted by Gasteiger charge is -2.10. The Balaban J connectivity index is 1.96. The fraction of sp³-hybridized carbons (Fsp3) is 0.143. The van der Waals surface area contributed by atoms with Gasteiger partial charge >= 0.3 is 0 Å². The van der Waals surface area contributed by atoms with Crippen molar-refractivity contribution in [2.24, 2.45) is 0 Å². The van der Waals surface area contributed by atoms with Gasteiger partial charge in [-0.2, -0.15) is 0 Å². The van der Waals surface area contributed by atoms with Gasteiger partial charge in [0.05, 0.1) is 15.6 Å². The van der Waals surface area contributed by atoms with Crippen LogP contribution < -0.4 is 10.0 Å². The summed E-state index contributed by atoms with van der Waals surface area (Å²) in [6.07, 6.45) is 0. The average Bonchev–Trinajstić information content (AvgIpc) is 2.91. The highest BCUT2D eigenvalue weighted by Gasteiger charge is 2.20. The van der Waals surface area contributed by atoms with Crippen LogP contribution in [0.2, 0.25) is 5.02 Å². The predicted octanol–water partition coefficient (Wildman–Crippen LogP) is 2.88. The van der Waals surface area contributed by atoms with E-state index < -0.39 is 15.8 Å². The number of hydrogen-bond donors (Lipinski definition) is 2. The molecule has 0 aromatic heterocycles. The highest BCUT2D eigenvalue weighted by atomic mass is 35.5. The van der Waals surface area contributed by atoms with Crippen LogP contribution in [0.15, 0.2) is 41.3 Å². The van der Waals surface area contributed by atoms with E-state index in [0.717, 1.165) is 17.7 Å². The van der Waals surface area contributed by atoms with Crippen molar-refractivity contribution in [2.45, 2.75) is 18.0 Å². The topological polar surface area (TPSA) is 58.2 Å². The van der Waals surface area contributed by atoms with Crippen molar-refractivity contribution in [3.63, 3.8) is 0 Å². The van der Waals surface area contributed by atoms with E-state index in [1.54, 1.807) is 12.1 Å². The monoisotopic (exact) mass is 326 g/mol. The number of sulfonamides is 1. The Kier molecular flexibility index (Phi) is 3.61. The molecule has 21 heavy (non-hydrogen) atoms. The molecule has 1 heterocycles.